The third-order valence-corrected chi connectivity index (χ3v) is 6.85. The lowest BCUT2D eigenvalue weighted by Gasteiger charge is -2.34. The molecule has 11 heteroatoms. The normalized spacial score (nSPS) is 12.7. The van der Waals surface area contributed by atoms with Gasteiger partial charge in [-0.05, 0) is 57.0 Å². The van der Waals surface area contributed by atoms with Gasteiger partial charge in [0.1, 0.15) is 18.4 Å². The molecule has 0 saturated carbocycles. The van der Waals surface area contributed by atoms with Crippen LogP contribution in [0.2, 0.25) is 10.0 Å². The van der Waals surface area contributed by atoms with Crippen LogP contribution in [0.5, 0.6) is 0 Å². The van der Waals surface area contributed by atoms with E-state index in [0.717, 1.165) is 22.7 Å². The number of anilines is 1. The molecule has 7 nitrogen and oxygen atoms in total. The minimum absolute atomic E-state index is 0.0175. The van der Waals surface area contributed by atoms with Gasteiger partial charge in [0.15, 0.2) is 0 Å². The first kappa shape index (κ1) is 28.9. The maximum atomic E-state index is 13.7. The van der Waals surface area contributed by atoms with E-state index < -0.39 is 39.9 Å². The summed E-state index contributed by atoms with van der Waals surface area (Å²) < 4.78 is 39.7. The number of sulfonamides is 1. The summed E-state index contributed by atoms with van der Waals surface area (Å²) >= 11 is 12.2. The first-order chi connectivity index (χ1) is 16.1. The quantitative estimate of drug-likeness (QED) is 0.498. The highest BCUT2D eigenvalue weighted by Crippen LogP contribution is 2.26. The number of halogens is 3. The summed E-state index contributed by atoms with van der Waals surface area (Å²) in [6.07, 6.45) is 1.21. The molecule has 0 aliphatic rings. The third kappa shape index (κ3) is 8.08. The van der Waals surface area contributed by atoms with E-state index in [2.05, 4.69) is 5.32 Å². The minimum Gasteiger partial charge on any atom is -0.350 e. The van der Waals surface area contributed by atoms with Crippen molar-refractivity contribution in [2.45, 2.75) is 52.2 Å². The molecule has 0 aliphatic carbocycles. The van der Waals surface area contributed by atoms with E-state index in [1.54, 1.807) is 31.2 Å². The molecule has 2 rings (SSSR count). The van der Waals surface area contributed by atoms with Gasteiger partial charge in [0.05, 0.1) is 17.0 Å². The van der Waals surface area contributed by atoms with Gasteiger partial charge in [-0.25, -0.2) is 12.8 Å². The Labute approximate surface area is 216 Å². The van der Waals surface area contributed by atoms with Crippen LogP contribution in [0.1, 0.15) is 39.7 Å². The van der Waals surface area contributed by atoms with Crippen LogP contribution in [-0.4, -0.2) is 49.5 Å². The molecule has 0 unspecified atom stereocenters. The van der Waals surface area contributed by atoms with Crippen LogP contribution in [0.25, 0.3) is 0 Å². The average molecular weight is 546 g/mol. The largest absolute Gasteiger partial charge is 0.350 e. The molecule has 0 aliphatic heterocycles. The zero-order valence-electron chi connectivity index (χ0n) is 20.3. The number of rotatable bonds is 9. The van der Waals surface area contributed by atoms with Crippen molar-refractivity contribution in [3.8, 4) is 0 Å². The van der Waals surface area contributed by atoms with Crippen molar-refractivity contribution in [1.29, 1.82) is 0 Å². The van der Waals surface area contributed by atoms with Crippen LogP contribution < -0.4 is 9.62 Å². The van der Waals surface area contributed by atoms with E-state index in [0.29, 0.717) is 10.6 Å². The molecule has 0 bridgehead atoms. The Bertz CT molecular complexity index is 1190. The lowest BCUT2D eigenvalue weighted by Crippen LogP contribution is -2.55. The lowest BCUT2D eigenvalue weighted by molar-refractivity contribution is -0.141. The molecular weight excluding hydrogens is 516 g/mol. The van der Waals surface area contributed by atoms with Crippen molar-refractivity contribution < 1.29 is 22.4 Å². The molecule has 35 heavy (non-hydrogen) atoms. The molecule has 0 aromatic heterocycles. The predicted octanol–water partition coefficient (Wildman–Crippen LogP) is 4.62. The van der Waals surface area contributed by atoms with Gasteiger partial charge in [0.25, 0.3) is 0 Å². The second kappa shape index (κ2) is 11.6. The first-order valence-corrected chi connectivity index (χ1v) is 13.5. The predicted molar refractivity (Wildman–Crippen MR) is 138 cm³/mol. The van der Waals surface area contributed by atoms with Crippen LogP contribution in [0.4, 0.5) is 10.1 Å². The number of carbonyl (C=O) groups excluding carboxylic acids is 2. The highest BCUT2D eigenvalue weighted by atomic mass is 35.5. The number of benzene rings is 2. The topological polar surface area (TPSA) is 86.8 Å². The number of nitrogens with one attached hydrogen (secondary N) is 1. The number of carbonyl (C=O) groups is 2. The van der Waals surface area contributed by atoms with Crippen molar-refractivity contribution in [1.82, 2.24) is 10.2 Å². The molecule has 2 aromatic rings. The summed E-state index contributed by atoms with van der Waals surface area (Å²) in [7, 11) is -3.96. The van der Waals surface area contributed by atoms with Gasteiger partial charge in [0.2, 0.25) is 21.8 Å². The standard InChI is InChI=1S/C24H30Cl2FN3O4S/c1-6-21(23(32)28-24(2,3)4)29(14-16-9-7-8-10-18(16)25)22(31)15-30(35(5,33)34)17-11-12-20(27)19(26)13-17/h7-13,21H,6,14-15H2,1-5H3,(H,28,32)/t21-/m0/s1. The average Bonchev–Trinajstić information content (AvgIpc) is 2.73. The van der Waals surface area contributed by atoms with Crippen LogP contribution in [-0.2, 0) is 26.2 Å². The number of nitrogens with zero attached hydrogens (tertiary/aromatic N) is 2. The molecule has 192 valence electrons. The summed E-state index contributed by atoms with van der Waals surface area (Å²) in [5.74, 6) is -1.73. The van der Waals surface area contributed by atoms with Crippen molar-refractivity contribution in [2.75, 3.05) is 17.1 Å². The van der Waals surface area contributed by atoms with E-state index in [9.17, 15) is 22.4 Å². The van der Waals surface area contributed by atoms with Crippen molar-refractivity contribution in [2.24, 2.45) is 0 Å². The minimum atomic E-state index is -3.96. The van der Waals surface area contributed by atoms with E-state index in [1.165, 1.54) is 11.0 Å². The highest BCUT2D eigenvalue weighted by Gasteiger charge is 2.33. The van der Waals surface area contributed by atoms with Crippen LogP contribution in [0.15, 0.2) is 42.5 Å². The van der Waals surface area contributed by atoms with Gasteiger partial charge in [-0.1, -0.05) is 48.3 Å². The maximum absolute atomic E-state index is 13.7. The Hall–Kier alpha value is -2.36. The summed E-state index contributed by atoms with van der Waals surface area (Å²) in [4.78, 5) is 28.0. The maximum Gasteiger partial charge on any atom is 0.244 e. The number of hydrogen-bond donors (Lipinski definition) is 1. The van der Waals surface area contributed by atoms with Crippen LogP contribution >= 0.6 is 23.2 Å². The fraction of sp³-hybridized carbons (Fsp3) is 0.417. The van der Waals surface area contributed by atoms with Crippen molar-refractivity contribution in [3.05, 3.63) is 63.9 Å². The number of hydrogen-bond acceptors (Lipinski definition) is 4. The molecule has 0 saturated heterocycles. The Kier molecular flexibility index (Phi) is 9.56. The fourth-order valence-corrected chi connectivity index (χ4v) is 4.65. The van der Waals surface area contributed by atoms with Gasteiger partial charge in [0, 0.05) is 17.1 Å². The summed E-state index contributed by atoms with van der Waals surface area (Å²) in [5.41, 5.74) is 0.0742. The molecule has 0 fully saturated rings. The number of amides is 2. The Morgan fingerprint density at radius 2 is 1.71 bits per heavy atom. The van der Waals surface area contributed by atoms with Gasteiger partial charge >= 0.3 is 0 Å². The summed E-state index contributed by atoms with van der Waals surface area (Å²) in [6.45, 7) is 6.58. The molecule has 2 aromatic carbocycles. The van der Waals surface area contributed by atoms with Crippen LogP contribution in [0.3, 0.4) is 0 Å². The van der Waals surface area contributed by atoms with Gasteiger partial charge in [-0.2, -0.15) is 0 Å². The second-order valence-electron chi connectivity index (χ2n) is 9.14. The van der Waals surface area contributed by atoms with Crippen molar-refractivity contribution in [3.63, 3.8) is 0 Å². The summed E-state index contributed by atoms with van der Waals surface area (Å²) in [5, 5.41) is 3.00. The zero-order chi connectivity index (χ0) is 26.6. The SMILES string of the molecule is CC[C@@H](C(=O)NC(C)(C)C)N(Cc1ccccc1Cl)C(=O)CN(c1ccc(F)c(Cl)c1)S(C)(=O)=O. The van der Waals surface area contributed by atoms with E-state index in [1.807, 2.05) is 20.8 Å². The molecule has 0 heterocycles. The summed E-state index contributed by atoms with van der Waals surface area (Å²) in [6, 6.07) is 9.37. The lowest BCUT2D eigenvalue weighted by atomic mass is 10.1. The molecule has 0 radical (unpaired) electrons. The first-order valence-electron chi connectivity index (χ1n) is 10.9. The Balaban J connectivity index is 2.49. The highest BCUT2D eigenvalue weighted by molar-refractivity contribution is 7.92. The Morgan fingerprint density at radius 3 is 2.23 bits per heavy atom. The monoisotopic (exact) mass is 545 g/mol. The molecular formula is C24H30Cl2FN3O4S. The molecule has 1 N–H and O–H groups in total. The second-order valence-corrected chi connectivity index (χ2v) is 11.9. The van der Waals surface area contributed by atoms with Gasteiger partial charge in [-0.15, -0.1) is 0 Å². The zero-order valence-corrected chi connectivity index (χ0v) is 22.6. The smallest absolute Gasteiger partial charge is 0.244 e. The van der Waals surface area contributed by atoms with E-state index in [-0.39, 0.29) is 29.6 Å². The Morgan fingerprint density at radius 1 is 1.09 bits per heavy atom. The van der Waals surface area contributed by atoms with E-state index in [4.69, 9.17) is 23.2 Å². The van der Waals surface area contributed by atoms with E-state index >= 15 is 0 Å². The van der Waals surface area contributed by atoms with Gasteiger partial charge in [-0.3, -0.25) is 13.9 Å². The molecule has 0 spiro atoms. The van der Waals surface area contributed by atoms with Crippen molar-refractivity contribution >= 4 is 50.7 Å². The van der Waals surface area contributed by atoms with Crippen LogP contribution in [0, 0.1) is 5.82 Å². The van der Waals surface area contributed by atoms with Gasteiger partial charge < -0.3 is 10.2 Å². The third-order valence-electron chi connectivity index (χ3n) is 5.05. The molecule has 2 amide bonds. The fourth-order valence-electron chi connectivity index (χ4n) is 3.44. The molecule has 1 atom stereocenters.